The van der Waals surface area contributed by atoms with Crippen molar-refractivity contribution in [1.82, 2.24) is 72.3 Å². The molecule has 0 aliphatic carbocycles. The van der Waals surface area contributed by atoms with Gasteiger partial charge in [0.05, 0.1) is 109 Å². The molecule has 0 bridgehead atoms. The summed E-state index contributed by atoms with van der Waals surface area (Å²) in [5.74, 6) is 0. The monoisotopic (exact) mass is 1630 g/mol. The third kappa shape index (κ3) is 11.4. The summed E-state index contributed by atoms with van der Waals surface area (Å²) in [6.45, 7) is 0. The van der Waals surface area contributed by atoms with E-state index < -0.39 is 0 Å². The first-order chi connectivity index (χ1) is 61.0. The van der Waals surface area contributed by atoms with Crippen molar-refractivity contribution in [3.05, 3.63) is 383 Å². The number of fused-ring (bicyclic) bond motifs is 21. The molecule has 0 atom stereocenters. The highest BCUT2D eigenvalue weighted by Gasteiger charge is 2.25. The Kier molecular flexibility index (Phi) is 16.2. The molecule has 0 unspecified atom stereocenters. The molecule has 0 fully saturated rings. The number of hydrogen-bond donors (Lipinski definition) is 0. The van der Waals surface area contributed by atoms with E-state index in [9.17, 15) is 0 Å². The molecule has 27 rings (SSSR count). The third-order valence-electron chi connectivity index (χ3n) is 23.6. The van der Waals surface area contributed by atoms with E-state index in [1.165, 1.54) is 81.9 Å². The van der Waals surface area contributed by atoms with Crippen molar-refractivity contribution in [2.75, 3.05) is 0 Å². The summed E-state index contributed by atoms with van der Waals surface area (Å²) < 4.78 is 17.3. The highest BCUT2D eigenvalue weighted by molar-refractivity contribution is 7.22. The molecule has 0 amide bonds. The van der Waals surface area contributed by atoms with Crippen LogP contribution in [-0.2, 0) is 0 Å². The van der Waals surface area contributed by atoms with Crippen molar-refractivity contribution < 1.29 is 0 Å². The number of pyridine rings is 6. The molecule has 0 aliphatic heterocycles. The zero-order chi connectivity index (χ0) is 80.7. The van der Waals surface area contributed by atoms with Gasteiger partial charge in [-0.25, -0.2) is 29.9 Å². The van der Waals surface area contributed by atoms with E-state index in [0.717, 1.165) is 146 Å². The molecule has 0 aliphatic rings. The molecule has 0 N–H and O–H groups in total. The van der Waals surface area contributed by atoms with Crippen LogP contribution >= 0.6 is 34.0 Å². The Hall–Kier alpha value is -16.0. The SMILES string of the molecule is c1ccc(-n2c3cc4c5ncccc5n(-c5ccc(-c6nc7ncccc7s6)cc5)c4cc3c3ncccc32)cc1.c1ccc(-n2c3ccccc3c3cc4c(cc32)c2ccccc2n4-c2ccc(-c3nc4ncccc4s3)cc2)cc1.c1ccc(-n2c3ccccc3c3cc4c(cc32)c2ccccc2n4-c2ccc(-c3nc4ncccc4s3)nc2)cc1. The lowest BCUT2D eigenvalue weighted by Gasteiger charge is -2.09. The van der Waals surface area contributed by atoms with E-state index >= 15 is 0 Å². The zero-order valence-corrected chi connectivity index (χ0v) is 67.8. The summed E-state index contributed by atoms with van der Waals surface area (Å²) in [4.78, 5) is 42.0. The molecular formula is C105H63N15S3. The van der Waals surface area contributed by atoms with E-state index in [1.807, 2.05) is 61.1 Å². The maximum atomic E-state index is 4.87. The maximum Gasteiger partial charge on any atom is 0.170 e. The molecular weight excluding hydrogens is 1570 g/mol. The number of rotatable bonds is 9. The average Bonchev–Trinajstić information content (AvgIpc) is 1.57. The summed E-state index contributed by atoms with van der Waals surface area (Å²) >= 11 is 4.96. The highest BCUT2D eigenvalue weighted by atomic mass is 32.1. The van der Waals surface area contributed by atoms with Crippen molar-refractivity contribution in [3.63, 3.8) is 0 Å². The van der Waals surface area contributed by atoms with Gasteiger partial charge in [-0.05, 0) is 218 Å². The molecule has 27 aromatic rings. The molecule has 0 saturated heterocycles. The topological polar surface area (TPSA) is 146 Å². The molecule has 576 valence electrons. The fourth-order valence-corrected chi connectivity index (χ4v) is 21.0. The van der Waals surface area contributed by atoms with Gasteiger partial charge in [-0.2, -0.15) is 0 Å². The lowest BCUT2D eigenvalue weighted by Crippen LogP contribution is -1.96. The van der Waals surface area contributed by atoms with Crippen molar-refractivity contribution in [1.29, 1.82) is 0 Å². The van der Waals surface area contributed by atoms with E-state index in [-0.39, 0.29) is 0 Å². The second-order valence-electron chi connectivity index (χ2n) is 30.5. The van der Waals surface area contributed by atoms with Crippen LogP contribution in [0.1, 0.15) is 0 Å². The Morgan fingerprint density at radius 1 is 0.187 bits per heavy atom. The van der Waals surface area contributed by atoms with Gasteiger partial charge in [0, 0.05) is 124 Å². The molecule has 15 aromatic heterocycles. The van der Waals surface area contributed by atoms with E-state index in [1.54, 1.807) is 52.6 Å². The predicted molar refractivity (Wildman–Crippen MR) is 508 cm³/mol. The van der Waals surface area contributed by atoms with Crippen LogP contribution in [0.15, 0.2) is 383 Å². The van der Waals surface area contributed by atoms with Gasteiger partial charge in [-0.3, -0.25) is 15.0 Å². The standard InChI is InChI=1S/C36H22N4S.C35H21N5S.C34H20N6S/c1-2-9-24(10-3-1)39-30-13-6-4-11-26(30)28-22-33-29(21-32(28)39)27-12-5-7-14-31(27)40(33)25-18-16-23(17-19-25)36-38-35-34(41-36)15-8-20-37-35;1-2-9-22(10-3-1)39-29-13-6-4-11-24(29)26-20-32-27(19-31(26)39)25-12-5-7-14-30(25)40(32)23-16-17-28(37-21-23)35-38-34-33(41-35)15-8-18-36-34;1-2-7-22(8-3-1)39-26-9-4-16-35-31(26)24-20-29-25(19-28(24)39)32-27(10-5-17-36-32)40(29)23-14-12-21(13-15-23)34-38-33-30(41-34)11-6-18-37-33/h1-22H;1-21H;1-20H. The van der Waals surface area contributed by atoms with Gasteiger partial charge in [0.2, 0.25) is 0 Å². The van der Waals surface area contributed by atoms with Gasteiger partial charge in [0.1, 0.15) is 15.0 Å². The minimum atomic E-state index is 0.763. The Morgan fingerprint density at radius 2 is 0.463 bits per heavy atom. The van der Waals surface area contributed by atoms with Crippen LogP contribution in [-0.4, -0.2) is 72.3 Å². The predicted octanol–water partition coefficient (Wildman–Crippen LogP) is 26.8. The number of aromatic nitrogens is 15. The van der Waals surface area contributed by atoms with Crippen molar-refractivity contribution in [3.8, 4) is 66.0 Å². The summed E-state index contributed by atoms with van der Waals surface area (Å²) in [5.41, 5.74) is 27.9. The van der Waals surface area contributed by atoms with Crippen molar-refractivity contribution in [2.24, 2.45) is 0 Å². The van der Waals surface area contributed by atoms with Gasteiger partial charge in [0.25, 0.3) is 0 Å². The zero-order valence-electron chi connectivity index (χ0n) is 65.3. The molecule has 15 heterocycles. The van der Waals surface area contributed by atoms with Crippen LogP contribution in [0.5, 0.6) is 0 Å². The third-order valence-corrected chi connectivity index (χ3v) is 26.8. The smallest absolute Gasteiger partial charge is 0.170 e. The molecule has 0 radical (unpaired) electrons. The van der Waals surface area contributed by atoms with Gasteiger partial charge in [-0.1, -0.05) is 127 Å². The number of thiazole rings is 3. The first-order valence-electron chi connectivity index (χ1n) is 40.6. The Balaban J connectivity index is 0.000000101. The first-order valence-corrected chi connectivity index (χ1v) is 43.1. The van der Waals surface area contributed by atoms with Gasteiger partial charge in [0.15, 0.2) is 16.9 Å². The summed E-state index contributed by atoms with van der Waals surface area (Å²) in [7, 11) is 0. The lowest BCUT2D eigenvalue weighted by molar-refractivity contribution is 1.14. The lowest BCUT2D eigenvalue weighted by atomic mass is 10.1. The minimum Gasteiger partial charge on any atom is -0.309 e. The van der Waals surface area contributed by atoms with Crippen LogP contribution in [0, 0.1) is 0 Å². The van der Waals surface area contributed by atoms with Gasteiger partial charge in [-0.15, -0.1) is 34.0 Å². The second-order valence-corrected chi connectivity index (χ2v) is 33.6. The van der Waals surface area contributed by atoms with Crippen LogP contribution in [0.2, 0.25) is 0 Å². The van der Waals surface area contributed by atoms with Gasteiger partial charge < -0.3 is 27.4 Å². The molecule has 0 saturated carbocycles. The fourth-order valence-electron chi connectivity index (χ4n) is 18.2. The highest BCUT2D eigenvalue weighted by Crippen LogP contribution is 2.45. The maximum absolute atomic E-state index is 4.87. The Morgan fingerprint density at radius 3 is 0.821 bits per heavy atom. The molecule has 15 nitrogen and oxygen atoms in total. The van der Waals surface area contributed by atoms with Crippen LogP contribution in [0.4, 0.5) is 0 Å². The van der Waals surface area contributed by atoms with Gasteiger partial charge >= 0.3 is 0 Å². The molecule has 18 heteroatoms. The number of para-hydroxylation sites is 7. The van der Waals surface area contributed by atoms with Crippen molar-refractivity contribution in [2.45, 2.75) is 0 Å². The summed E-state index contributed by atoms with van der Waals surface area (Å²) in [6, 6.07) is 122. The molecule has 12 aromatic carbocycles. The Labute approximate surface area is 712 Å². The normalized spacial score (nSPS) is 11.9. The number of hydrogen-bond acceptors (Lipinski definition) is 12. The van der Waals surface area contributed by atoms with E-state index in [0.29, 0.717) is 0 Å². The van der Waals surface area contributed by atoms with Crippen molar-refractivity contribution >= 4 is 196 Å². The van der Waals surface area contributed by atoms with E-state index in [4.69, 9.17) is 29.9 Å². The largest absolute Gasteiger partial charge is 0.309 e. The minimum absolute atomic E-state index is 0.763. The number of benzene rings is 12. The average molecular weight is 1630 g/mol. The molecule has 0 spiro atoms. The summed E-state index contributed by atoms with van der Waals surface area (Å²) in [6.07, 6.45) is 11.1. The van der Waals surface area contributed by atoms with Crippen LogP contribution < -0.4 is 0 Å². The second kappa shape index (κ2) is 28.4. The molecule has 123 heavy (non-hydrogen) atoms. The first kappa shape index (κ1) is 70.1. The Bertz CT molecular complexity index is 7960. The van der Waals surface area contributed by atoms with Crippen LogP contribution in [0.25, 0.3) is 228 Å². The number of nitrogens with zero attached hydrogens (tertiary/aromatic N) is 15. The fraction of sp³-hybridized carbons (Fsp3) is 0. The van der Waals surface area contributed by atoms with Crippen LogP contribution in [0.3, 0.4) is 0 Å². The quantitative estimate of drug-likeness (QED) is 0.138. The van der Waals surface area contributed by atoms with E-state index in [2.05, 4.69) is 346 Å². The summed E-state index contributed by atoms with van der Waals surface area (Å²) in [5, 5.41) is 14.9.